The number of carbonyl (C=O) groups excluding carboxylic acids is 1. The number of nitrogens with two attached hydrogens (primary N) is 1. The predicted octanol–water partition coefficient (Wildman–Crippen LogP) is 4.53. The van der Waals surface area contributed by atoms with E-state index < -0.39 is 0 Å². The number of fused-ring (bicyclic) bond motifs is 1. The van der Waals surface area contributed by atoms with Crippen LogP contribution in [-0.2, 0) is 4.79 Å². The minimum Gasteiger partial charge on any atom is -0.397 e. The quantitative estimate of drug-likeness (QED) is 0.403. The molecule has 0 radical (unpaired) electrons. The van der Waals surface area contributed by atoms with Crippen LogP contribution in [0.15, 0.2) is 67.0 Å². The lowest BCUT2D eigenvalue weighted by atomic mass is 10.2. The van der Waals surface area contributed by atoms with E-state index in [-0.39, 0.29) is 0 Å². The molecule has 0 aliphatic carbocycles. The largest absolute Gasteiger partial charge is 0.397 e. The van der Waals surface area contributed by atoms with Crippen LogP contribution < -0.4 is 10.6 Å². The summed E-state index contributed by atoms with van der Waals surface area (Å²) in [6.07, 6.45) is 9.40. The van der Waals surface area contributed by atoms with E-state index in [4.69, 9.17) is 12.2 Å². The molecule has 1 amide bonds. The number of pyridine rings is 2. The van der Waals surface area contributed by atoms with Crippen molar-refractivity contribution in [2.24, 2.45) is 0 Å². The normalized spacial score (nSPS) is 9.93. The molecule has 2 N–H and O–H groups in total. The number of anilines is 2. The summed E-state index contributed by atoms with van der Waals surface area (Å²) in [5.74, 6) is 2.41. The Morgan fingerprint density at radius 2 is 1.97 bits per heavy atom. The zero-order valence-corrected chi connectivity index (χ0v) is 16.8. The summed E-state index contributed by atoms with van der Waals surface area (Å²) >= 11 is 1.63. The molecule has 29 heavy (non-hydrogen) atoms. The lowest BCUT2D eigenvalue weighted by Gasteiger charge is -2.12. The molecule has 5 nitrogen and oxygen atoms in total. The van der Waals surface area contributed by atoms with Crippen LogP contribution in [0.2, 0.25) is 0 Å². The van der Waals surface area contributed by atoms with Crippen LogP contribution in [0.1, 0.15) is 4.88 Å². The third kappa shape index (κ3) is 4.78. The number of hydrogen-bond acceptors (Lipinski definition) is 5. The monoisotopic (exact) mass is 400 g/mol. The molecule has 0 saturated heterocycles. The summed E-state index contributed by atoms with van der Waals surface area (Å²) in [5.41, 5.74) is 9.62. The highest BCUT2D eigenvalue weighted by Crippen LogP contribution is 2.33. The van der Waals surface area contributed by atoms with Crippen LogP contribution in [0, 0.1) is 19.3 Å². The van der Waals surface area contributed by atoms with E-state index in [9.17, 15) is 4.79 Å². The van der Waals surface area contributed by atoms with Crippen molar-refractivity contribution in [3.05, 3.63) is 71.9 Å². The summed E-state index contributed by atoms with van der Waals surface area (Å²) in [6.45, 7) is 2.33. The molecule has 0 aliphatic heterocycles. The number of rotatable bonds is 4. The number of amides is 1. The fourth-order valence-corrected chi connectivity index (χ4v) is 3.64. The van der Waals surface area contributed by atoms with E-state index >= 15 is 0 Å². The second-order valence-electron chi connectivity index (χ2n) is 6.14. The molecule has 0 atom stereocenters. The summed E-state index contributed by atoms with van der Waals surface area (Å²) in [4.78, 5) is 22.8. The lowest BCUT2D eigenvalue weighted by Crippen LogP contribution is -2.20. The van der Waals surface area contributed by atoms with Crippen molar-refractivity contribution in [2.75, 3.05) is 17.2 Å². The van der Waals surface area contributed by atoms with Crippen molar-refractivity contribution in [1.29, 1.82) is 0 Å². The standard InChI is InChI=1S/C13H11N3S.C10H9NO/c1-8-12(14)10-4-5-11(16-13(10)17-8)9-3-2-6-15-7-9;1-2-8-11(9-12)10-6-4-3-5-7-10/h2-7H,14H2,1H3;1,3-7,9H,8H2. The van der Waals surface area contributed by atoms with Gasteiger partial charge in [0.2, 0.25) is 6.41 Å². The van der Waals surface area contributed by atoms with Crippen molar-refractivity contribution in [2.45, 2.75) is 6.92 Å². The lowest BCUT2D eigenvalue weighted by molar-refractivity contribution is -0.107. The highest BCUT2D eigenvalue weighted by molar-refractivity contribution is 7.19. The Hall–Kier alpha value is -3.69. The first kappa shape index (κ1) is 20.1. The van der Waals surface area contributed by atoms with Gasteiger partial charge in [0.15, 0.2) is 0 Å². The maximum absolute atomic E-state index is 10.5. The summed E-state index contributed by atoms with van der Waals surface area (Å²) in [7, 11) is 0. The number of aryl methyl sites for hydroxylation is 1. The molecule has 0 unspecified atom stereocenters. The maximum atomic E-state index is 10.5. The van der Waals surface area contributed by atoms with Gasteiger partial charge in [0.25, 0.3) is 0 Å². The average molecular weight is 401 g/mol. The predicted molar refractivity (Wildman–Crippen MR) is 121 cm³/mol. The smallest absolute Gasteiger partial charge is 0.214 e. The first-order chi connectivity index (χ1) is 14.1. The van der Waals surface area contributed by atoms with E-state index in [1.54, 1.807) is 17.5 Å². The number of benzene rings is 1. The minimum absolute atomic E-state index is 0.313. The topological polar surface area (TPSA) is 72.1 Å². The fraction of sp³-hybridized carbons (Fsp3) is 0.0870. The Balaban J connectivity index is 0.000000177. The molecule has 0 spiro atoms. The minimum atomic E-state index is 0.313. The summed E-state index contributed by atoms with van der Waals surface area (Å²) < 4.78 is 0. The Bertz CT molecular complexity index is 1130. The van der Waals surface area contributed by atoms with Crippen LogP contribution >= 0.6 is 11.3 Å². The second kappa shape index (κ2) is 9.49. The molecule has 4 rings (SSSR count). The van der Waals surface area contributed by atoms with Gasteiger partial charge in [0, 0.05) is 33.9 Å². The van der Waals surface area contributed by atoms with E-state index in [1.807, 2.05) is 67.7 Å². The number of hydrogen-bond donors (Lipinski definition) is 1. The van der Waals surface area contributed by atoms with E-state index in [0.29, 0.717) is 6.54 Å². The van der Waals surface area contributed by atoms with Crippen LogP contribution in [0.25, 0.3) is 21.5 Å². The molecule has 4 aromatic rings. The number of terminal acetylenes is 1. The highest BCUT2D eigenvalue weighted by atomic mass is 32.1. The molecule has 0 saturated carbocycles. The van der Waals surface area contributed by atoms with Gasteiger partial charge in [-0.25, -0.2) is 4.98 Å². The molecule has 0 bridgehead atoms. The number of para-hydroxylation sites is 1. The van der Waals surface area contributed by atoms with Gasteiger partial charge in [-0.1, -0.05) is 24.1 Å². The summed E-state index contributed by atoms with van der Waals surface area (Å²) in [6, 6.07) is 17.2. The van der Waals surface area contributed by atoms with Crippen LogP contribution in [0.4, 0.5) is 11.4 Å². The number of nitrogen functional groups attached to an aromatic ring is 1. The SMILES string of the molecule is C#CCN(C=O)c1ccccc1.Cc1sc2nc(-c3cccnc3)ccc2c1N. The first-order valence-electron chi connectivity index (χ1n) is 8.90. The second-order valence-corrected chi connectivity index (χ2v) is 7.34. The van der Waals surface area contributed by atoms with Crippen molar-refractivity contribution in [3.63, 3.8) is 0 Å². The van der Waals surface area contributed by atoms with Crippen LogP contribution in [0.3, 0.4) is 0 Å². The molecule has 1 aromatic carbocycles. The molecule has 6 heteroatoms. The van der Waals surface area contributed by atoms with Gasteiger partial charge >= 0.3 is 0 Å². The van der Waals surface area contributed by atoms with Gasteiger partial charge in [0.05, 0.1) is 17.9 Å². The third-order valence-corrected chi connectivity index (χ3v) is 5.24. The molecular formula is C23H20N4OS. The molecule has 144 valence electrons. The van der Waals surface area contributed by atoms with Gasteiger partial charge in [-0.05, 0) is 43.3 Å². The molecule has 3 heterocycles. The molecule has 0 aliphatic rings. The Labute approximate surface area is 173 Å². The van der Waals surface area contributed by atoms with Crippen molar-refractivity contribution in [1.82, 2.24) is 9.97 Å². The number of nitrogens with zero attached hydrogens (tertiary/aromatic N) is 3. The van der Waals surface area contributed by atoms with Crippen molar-refractivity contribution in [3.8, 4) is 23.6 Å². The van der Waals surface area contributed by atoms with E-state index in [2.05, 4.69) is 15.9 Å². The van der Waals surface area contributed by atoms with Gasteiger partial charge < -0.3 is 10.6 Å². The van der Waals surface area contributed by atoms with E-state index in [1.165, 1.54) is 4.90 Å². The van der Waals surface area contributed by atoms with Gasteiger partial charge in [-0.2, -0.15) is 0 Å². The number of carbonyl (C=O) groups is 1. The number of thiophene rings is 1. The van der Waals surface area contributed by atoms with Crippen LogP contribution in [0.5, 0.6) is 0 Å². The van der Waals surface area contributed by atoms with Crippen molar-refractivity contribution >= 4 is 39.3 Å². The van der Waals surface area contributed by atoms with Crippen molar-refractivity contribution < 1.29 is 4.79 Å². The fourth-order valence-electron chi connectivity index (χ4n) is 2.70. The molecular weight excluding hydrogens is 380 g/mol. The number of aromatic nitrogens is 2. The average Bonchev–Trinajstić information content (AvgIpc) is 3.06. The summed E-state index contributed by atoms with van der Waals surface area (Å²) in [5, 5.41) is 1.04. The van der Waals surface area contributed by atoms with Gasteiger partial charge in [-0.3, -0.25) is 9.78 Å². The maximum Gasteiger partial charge on any atom is 0.214 e. The van der Waals surface area contributed by atoms with Gasteiger partial charge in [-0.15, -0.1) is 17.8 Å². The van der Waals surface area contributed by atoms with E-state index in [0.717, 1.165) is 44.1 Å². The van der Waals surface area contributed by atoms with Crippen LogP contribution in [-0.4, -0.2) is 22.9 Å². The third-order valence-electron chi connectivity index (χ3n) is 4.21. The Morgan fingerprint density at radius 3 is 2.62 bits per heavy atom. The Morgan fingerprint density at radius 1 is 1.17 bits per heavy atom. The zero-order chi connectivity index (χ0) is 20.6. The van der Waals surface area contributed by atoms with Gasteiger partial charge in [0.1, 0.15) is 4.83 Å². The first-order valence-corrected chi connectivity index (χ1v) is 9.72. The molecule has 3 aromatic heterocycles. The zero-order valence-electron chi connectivity index (χ0n) is 15.9. The molecule has 0 fully saturated rings. The Kier molecular flexibility index (Phi) is 6.56. The highest BCUT2D eigenvalue weighted by Gasteiger charge is 2.08.